The van der Waals surface area contributed by atoms with Crippen LogP contribution in [-0.2, 0) is 6.54 Å². The van der Waals surface area contributed by atoms with E-state index in [0.717, 1.165) is 10.1 Å². The Hall–Kier alpha value is -2.05. The lowest BCUT2D eigenvalue weighted by atomic mass is 10.2. The zero-order chi connectivity index (χ0) is 15.0. The van der Waals surface area contributed by atoms with Crippen LogP contribution in [0.25, 0.3) is 10.1 Å². The van der Waals surface area contributed by atoms with Crippen LogP contribution in [0.15, 0.2) is 28.8 Å². The number of nitrogens with zero attached hydrogens (tertiary/aromatic N) is 1. The summed E-state index contributed by atoms with van der Waals surface area (Å²) in [6.07, 6.45) is 0. The molecule has 0 atom stereocenters. The van der Waals surface area contributed by atoms with E-state index < -0.39 is 0 Å². The number of nitrogen functional groups attached to an aromatic ring is 1. The van der Waals surface area contributed by atoms with Crippen molar-refractivity contribution >= 4 is 44.6 Å². The molecule has 0 saturated heterocycles. The number of carbonyl (C=O) groups is 1. The third-order valence-electron chi connectivity index (χ3n) is 3.00. The van der Waals surface area contributed by atoms with Gasteiger partial charge in [-0.25, -0.2) is 0 Å². The van der Waals surface area contributed by atoms with Crippen LogP contribution in [-0.4, -0.2) is 11.1 Å². The van der Waals surface area contributed by atoms with Gasteiger partial charge in [0.15, 0.2) is 0 Å². The fourth-order valence-electron chi connectivity index (χ4n) is 2.01. The van der Waals surface area contributed by atoms with Gasteiger partial charge in [0.05, 0.1) is 12.2 Å². The Morgan fingerprint density at radius 2 is 2.29 bits per heavy atom. The van der Waals surface area contributed by atoms with Crippen molar-refractivity contribution in [3.8, 4) is 0 Å². The molecule has 1 amide bonds. The number of aryl methyl sites for hydroxylation is 1. The monoisotopic (exact) mass is 321 g/mol. The molecule has 2 heterocycles. The van der Waals surface area contributed by atoms with Crippen LogP contribution in [0.2, 0.25) is 5.02 Å². The van der Waals surface area contributed by atoms with Gasteiger partial charge in [-0.05, 0) is 25.1 Å². The standard InChI is InChI=1S/C14H12ClN3O2S/c1-7-4-9(18-20-7)6-17-14(19)13-12(16)10-5-8(15)2-3-11(10)21-13/h2-5H,6,16H2,1H3,(H,17,19). The van der Waals surface area contributed by atoms with Crippen LogP contribution in [0.1, 0.15) is 21.1 Å². The smallest absolute Gasteiger partial charge is 0.263 e. The Labute approximate surface area is 129 Å². The largest absolute Gasteiger partial charge is 0.397 e. The van der Waals surface area contributed by atoms with E-state index in [0.29, 0.717) is 33.6 Å². The van der Waals surface area contributed by atoms with Crippen molar-refractivity contribution in [3.05, 3.63) is 45.6 Å². The summed E-state index contributed by atoms with van der Waals surface area (Å²) in [5.41, 5.74) is 7.16. The summed E-state index contributed by atoms with van der Waals surface area (Å²) in [4.78, 5) is 12.7. The summed E-state index contributed by atoms with van der Waals surface area (Å²) in [5.74, 6) is 0.473. The number of hydrogen-bond donors (Lipinski definition) is 2. The number of nitrogens with one attached hydrogen (secondary N) is 1. The second kappa shape index (κ2) is 5.38. The number of hydrogen-bond acceptors (Lipinski definition) is 5. The van der Waals surface area contributed by atoms with Crippen molar-refractivity contribution in [2.45, 2.75) is 13.5 Å². The summed E-state index contributed by atoms with van der Waals surface area (Å²) in [7, 11) is 0. The topological polar surface area (TPSA) is 81.2 Å². The highest BCUT2D eigenvalue weighted by Gasteiger charge is 2.16. The van der Waals surface area contributed by atoms with Gasteiger partial charge in [0.25, 0.3) is 5.91 Å². The molecule has 5 nitrogen and oxygen atoms in total. The zero-order valence-corrected chi connectivity index (χ0v) is 12.7. The molecule has 0 saturated carbocycles. The minimum atomic E-state index is -0.231. The number of nitrogens with two attached hydrogens (primary N) is 1. The highest BCUT2D eigenvalue weighted by Crippen LogP contribution is 2.35. The average Bonchev–Trinajstić information content (AvgIpc) is 3.01. The molecule has 1 aromatic carbocycles. The molecule has 108 valence electrons. The van der Waals surface area contributed by atoms with E-state index in [4.69, 9.17) is 21.9 Å². The van der Waals surface area contributed by atoms with Crippen LogP contribution in [0, 0.1) is 6.92 Å². The van der Waals surface area contributed by atoms with Crippen LogP contribution >= 0.6 is 22.9 Å². The van der Waals surface area contributed by atoms with Crippen molar-refractivity contribution in [3.63, 3.8) is 0 Å². The molecule has 0 aliphatic rings. The number of amides is 1. The highest BCUT2D eigenvalue weighted by molar-refractivity contribution is 7.21. The SMILES string of the molecule is Cc1cc(CNC(=O)c2sc3ccc(Cl)cc3c2N)no1. The lowest BCUT2D eigenvalue weighted by Crippen LogP contribution is -2.22. The molecule has 0 aliphatic heterocycles. The Morgan fingerprint density at radius 3 is 3.00 bits per heavy atom. The minimum absolute atomic E-state index is 0.231. The van der Waals surface area contributed by atoms with E-state index in [2.05, 4.69) is 10.5 Å². The van der Waals surface area contributed by atoms with Gasteiger partial charge in [0.1, 0.15) is 16.3 Å². The second-order valence-electron chi connectivity index (χ2n) is 4.60. The minimum Gasteiger partial charge on any atom is -0.397 e. The quantitative estimate of drug-likeness (QED) is 0.775. The molecule has 3 N–H and O–H groups in total. The summed E-state index contributed by atoms with van der Waals surface area (Å²) in [5, 5.41) is 8.00. The molecule has 0 radical (unpaired) electrons. The highest BCUT2D eigenvalue weighted by atomic mass is 35.5. The average molecular weight is 322 g/mol. The lowest BCUT2D eigenvalue weighted by Gasteiger charge is -2.01. The third-order valence-corrected chi connectivity index (χ3v) is 4.42. The van der Waals surface area contributed by atoms with Gasteiger partial charge in [0.2, 0.25) is 0 Å². The van der Waals surface area contributed by atoms with E-state index in [-0.39, 0.29) is 5.91 Å². The first-order valence-corrected chi connectivity index (χ1v) is 7.42. The zero-order valence-electron chi connectivity index (χ0n) is 11.1. The summed E-state index contributed by atoms with van der Waals surface area (Å²) < 4.78 is 5.88. The number of benzene rings is 1. The Morgan fingerprint density at radius 1 is 1.48 bits per heavy atom. The van der Waals surface area contributed by atoms with Gasteiger partial charge in [-0.1, -0.05) is 16.8 Å². The first-order valence-electron chi connectivity index (χ1n) is 6.22. The molecule has 7 heteroatoms. The molecular weight excluding hydrogens is 310 g/mol. The predicted molar refractivity (Wildman–Crippen MR) is 83.7 cm³/mol. The Bertz CT molecular complexity index is 825. The van der Waals surface area contributed by atoms with Gasteiger partial charge >= 0.3 is 0 Å². The van der Waals surface area contributed by atoms with Crippen LogP contribution in [0.3, 0.4) is 0 Å². The first kappa shape index (κ1) is 13.9. The molecule has 3 rings (SSSR count). The summed E-state index contributed by atoms with van der Waals surface area (Å²) in [6, 6.07) is 7.17. The first-order chi connectivity index (χ1) is 10.0. The van der Waals surface area contributed by atoms with Crippen LogP contribution in [0.4, 0.5) is 5.69 Å². The number of anilines is 1. The fourth-order valence-corrected chi connectivity index (χ4v) is 3.20. The number of carbonyl (C=O) groups excluding carboxylic acids is 1. The van der Waals surface area contributed by atoms with E-state index in [1.165, 1.54) is 11.3 Å². The number of thiophene rings is 1. The number of halogens is 1. The van der Waals surface area contributed by atoms with Crippen LogP contribution in [0.5, 0.6) is 0 Å². The van der Waals surface area contributed by atoms with Gasteiger partial charge < -0.3 is 15.6 Å². The van der Waals surface area contributed by atoms with Crippen molar-refractivity contribution in [2.24, 2.45) is 0 Å². The molecule has 0 unspecified atom stereocenters. The molecule has 0 aliphatic carbocycles. The van der Waals surface area contributed by atoms with Gasteiger partial charge in [-0.2, -0.15) is 0 Å². The molecule has 2 aromatic heterocycles. The Kier molecular flexibility index (Phi) is 3.57. The van der Waals surface area contributed by atoms with E-state index in [1.54, 1.807) is 25.1 Å². The maximum atomic E-state index is 12.2. The Balaban J connectivity index is 1.82. The van der Waals surface area contributed by atoms with E-state index in [1.807, 2.05) is 6.07 Å². The van der Waals surface area contributed by atoms with Gasteiger partial charge in [0, 0.05) is 21.2 Å². The van der Waals surface area contributed by atoms with Crippen molar-refractivity contribution in [1.29, 1.82) is 0 Å². The molecule has 3 aromatic rings. The molecule has 0 spiro atoms. The predicted octanol–water partition coefficient (Wildman–Crippen LogP) is 3.36. The third kappa shape index (κ3) is 2.72. The molecular formula is C14H12ClN3O2S. The number of fused-ring (bicyclic) bond motifs is 1. The number of aromatic nitrogens is 1. The normalized spacial score (nSPS) is 11.0. The number of rotatable bonds is 3. The maximum Gasteiger partial charge on any atom is 0.263 e. The van der Waals surface area contributed by atoms with Gasteiger partial charge in [-0.3, -0.25) is 4.79 Å². The molecule has 0 bridgehead atoms. The molecule has 21 heavy (non-hydrogen) atoms. The summed E-state index contributed by atoms with van der Waals surface area (Å²) >= 11 is 7.29. The van der Waals surface area contributed by atoms with Crippen molar-refractivity contribution in [1.82, 2.24) is 10.5 Å². The van der Waals surface area contributed by atoms with E-state index in [9.17, 15) is 4.79 Å². The van der Waals surface area contributed by atoms with Gasteiger partial charge in [-0.15, -0.1) is 11.3 Å². The van der Waals surface area contributed by atoms with E-state index >= 15 is 0 Å². The molecule has 0 fully saturated rings. The van der Waals surface area contributed by atoms with Crippen molar-refractivity contribution < 1.29 is 9.32 Å². The maximum absolute atomic E-state index is 12.2. The lowest BCUT2D eigenvalue weighted by molar-refractivity contribution is 0.0955. The fraction of sp³-hybridized carbons (Fsp3) is 0.143. The van der Waals surface area contributed by atoms with Crippen molar-refractivity contribution in [2.75, 3.05) is 5.73 Å². The second-order valence-corrected chi connectivity index (χ2v) is 6.09. The van der Waals surface area contributed by atoms with Crippen LogP contribution < -0.4 is 11.1 Å². The summed E-state index contributed by atoms with van der Waals surface area (Å²) in [6.45, 7) is 2.09.